The maximum absolute atomic E-state index is 8.98. The number of hydrogen-bond donors (Lipinski definition) is 1. The maximum atomic E-state index is 8.98. The van der Waals surface area contributed by atoms with Crippen molar-refractivity contribution >= 4 is 11.3 Å². The number of nitrogens with zero attached hydrogens (tertiary/aromatic N) is 1. The Kier molecular flexibility index (Phi) is 1.67. The third-order valence-electron chi connectivity index (χ3n) is 2.49. The summed E-state index contributed by atoms with van der Waals surface area (Å²) in [6, 6.07) is 6.23. The van der Waals surface area contributed by atoms with E-state index in [1.54, 1.807) is 11.3 Å². The van der Waals surface area contributed by atoms with Gasteiger partial charge in [0.2, 0.25) is 0 Å². The van der Waals surface area contributed by atoms with Gasteiger partial charge in [0.25, 0.3) is 0 Å². The van der Waals surface area contributed by atoms with E-state index in [1.165, 1.54) is 0 Å². The molecule has 0 aliphatic heterocycles. The molecule has 3 heteroatoms. The molecule has 0 radical (unpaired) electrons. The second-order valence-electron chi connectivity index (χ2n) is 3.14. The van der Waals surface area contributed by atoms with Gasteiger partial charge in [-0.3, -0.25) is 0 Å². The molecular weight excluding hydrogens is 170 g/mol. The van der Waals surface area contributed by atoms with Crippen LogP contribution in [-0.2, 0) is 5.41 Å². The van der Waals surface area contributed by atoms with Crippen molar-refractivity contribution in [3.8, 4) is 6.07 Å². The highest BCUT2D eigenvalue weighted by Crippen LogP contribution is 2.54. The van der Waals surface area contributed by atoms with Crippen molar-refractivity contribution in [3.05, 3.63) is 22.4 Å². The van der Waals surface area contributed by atoms with Crippen molar-refractivity contribution in [2.75, 3.05) is 6.61 Å². The quantitative estimate of drug-likeness (QED) is 0.748. The molecule has 1 heterocycles. The van der Waals surface area contributed by atoms with E-state index in [-0.39, 0.29) is 17.9 Å². The molecule has 0 spiro atoms. The van der Waals surface area contributed by atoms with Gasteiger partial charge < -0.3 is 5.11 Å². The average Bonchev–Trinajstić information content (AvgIpc) is 2.57. The summed E-state index contributed by atoms with van der Waals surface area (Å²) in [4.78, 5) is 1.10. The van der Waals surface area contributed by atoms with Crippen LogP contribution in [0.4, 0.5) is 0 Å². The first-order valence-corrected chi connectivity index (χ1v) is 4.77. The zero-order chi connectivity index (χ0) is 8.60. The van der Waals surface area contributed by atoms with Crippen LogP contribution in [-0.4, -0.2) is 11.7 Å². The Morgan fingerprint density at radius 1 is 1.83 bits per heavy atom. The zero-order valence-corrected chi connectivity index (χ0v) is 7.34. The molecule has 12 heavy (non-hydrogen) atoms. The first-order chi connectivity index (χ1) is 5.83. The Labute approximate surface area is 75.1 Å². The van der Waals surface area contributed by atoms with Crippen molar-refractivity contribution in [3.63, 3.8) is 0 Å². The molecular formula is C9H9NOS. The Morgan fingerprint density at radius 2 is 2.67 bits per heavy atom. The van der Waals surface area contributed by atoms with Crippen molar-refractivity contribution in [1.82, 2.24) is 0 Å². The molecule has 1 aliphatic rings. The smallest absolute Gasteiger partial charge is 0.0969 e. The monoisotopic (exact) mass is 179 g/mol. The highest BCUT2D eigenvalue weighted by Gasteiger charge is 2.56. The number of thiophene rings is 1. The molecule has 0 amide bonds. The summed E-state index contributed by atoms with van der Waals surface area (Å²) in [6.45, 7) is 0.130. The number of nitriles is 1. The molecule has 0 bridgehead atoms. The van der Waals surface area contributed by atoms with Crippen LogP contribution in [0, 0.1) is 17.2 Å². The van der Waals surface area contributed by atoms with Gasteiger partial charge in [0, 0.05) is 17.4 Å². The molecule has 1 saturated carbocycles. The van der Waals surface area contributed by atoms with Crippen LogP contribution in [0.15, 0.2) is 17.5 Å². The van der Waals surface area contributed by atoms with Gasteiger partial charge in [-0.15, -0.1) is 11.3 Å². The van der Waals surface area contributed by atoms with Crippen LogP contribution in [0.5, 0.6) is 0 Å². The molecule has 1 aromatic heterocycles. The molecule has 1 aliphatic carbocycles. The van der Waals surface area contributed by atoms with Gasteiger partial charge in [-0.1, -0.05) is 6.07 Å². The van der Waals surface area contributed by atoms with Crippen LogP contribution in [0.3, 0.4) is 0 Å². The zero-order valence-electron chi connectivity index (χ0n) is 6.53. The van der Waals surface area contributed by atoms with E-state index in [4.69, 9.17) is 10.4 Å². The fraction of sp³-hybridized carbons (Fsp3) is 0.444. The second kappa shape index (κ2) is 2.58. The number of hydrogen-bond acceptors (Lipinski definition) is 3. The van der Waals surface area contributed by atoms with Gasteiger partial charge in [-0.25, -0.2) is 0 Å². The number of aliphatic hydroxyl groups is 1. The van der Waals surface area contributed by atoms with E-state index in [2.05, 4.69) is 6.07 Å². The van der Waals surface area contributed by atoms with Crippen LogP contribution in [0.2, 0.25) is 0 Å². The second-order valence-corrected chi connectivity index (χ2v) is 4.09. The topological polar surface area (TPSA) is 44.0 Å². The minimum atomic E-state index is -0.344. The first-order valence-electron chi connectivity index (χ1n) is 3.89. The predicted molar refractivity (Wildman–Crippen MR) is 46.8 cm³/mol. The van der Waals surface area contributed by atoms with E-state index < -0.39 is 0 Å². The third-order valence-corrected chi connectivity index (χ3v) is 3.53. The molecule has 62 valence electrons. The highest BCUT2D eigenvalue weighted by atomic mass is 32.1. The summed E-state index contributed by atoms with van der Waals surface area (Å²) in [6.07, 6.45) is 0.820. The first kappa shape index (κ1) is 7.78. The Bertz CT molecular complexity index is 314. The van der Waals surface area contributed by atoms with Gasteiger partial charge in [0.15, 0.2) is 0 Å². The Balaban J connectivity index is 2.29. The van der Waals surface area contributed by atoms with Gasteiger partial charge in [-0.05, 0) is 17.9 Å². The fourth-order valence-corrected chi connectivity index (χ4v) is 2.54. The van der Waals surface area contributed by atoms with Gasteiger partial charge >= 0.3 is 0 Å². The largest absolute Gasteiger partial charge is 0.396 e. The lowest BCUT2D eigenvalue weighted by atomic mass is 10.0. The summed E-state index contributed by atoms with van der Waals surface area (Å²) in [7, 11) is 0. The summed E-state index contributed by atoms with van der Waals surface area (Å²) in [5.41, 5.74) is -0.344. The van der Waals surface area contributed by atoms with Gasteiger partial charge in [0.05, 0.1) is 11.5 Å². The molecule has 1 aromatic rings. The van der Waals surface area contributed by atoms with E-state index in [9.17, 15) is 0 Å². The number of aliphatic hydroxyl groups excluding tert-OH is 1. The SMILES string of the molecule is N#C[C@]1(c2cccs2)C[C@@H]1CO. The molecule has 2 nitrogen and oxygen atoms in total. The maximum Gasteiger partial charge on any atom is 0.0969 e. The average molecular weight is 179 g/mol. The molecule has 1 N–H and O–H groups in total. The third kappa shape index (κ3) is 0.889. The molecule has 2 rings (SSSR count). The van der Waals surface area contributed by atoms with Crippen molar-refractivity contribution in [2.45, 2.75) is 11.8 Å². The normalized spacial score (nSPS) is 32.8. The highest BCUT2D eigenvalue weighted by molar-refractivity contribution is 7.10. The van der Waals surface area contributed by atoms with Crippen LogP contribution >= 0.6 is 11.3 Å². The molecule has 0 unspecified atom stereocenters. The summed E-state index contributed by atoms with van der Waals surface area (Å²) < 4.78 is 0. The van der Waals surface area contributed by atoms with Crippen LogP contribution in [0.1, 0.15) is 11.3 Å². The minimum Gasteiger partial charge on any atom is -0.396 e. The van der Waals surface area contributed by atoms with Crippen LogP contribution in [0.25, 0.3) is 0 Å². The van der Waals surface area contributed by atoms with Crippen molar-refractivity contribution in [1.29, 1.82) is 5.26 Å². The number of rotatable bonds is 2. The van der Waals surface area contributed by atoms with E-state index in [0.717, 1.165) is 11.3 Å². The lowest BCUT2D eigenvalue weighted by Crippen LogP contribution is -2.06. The minimum absolute atomic E-state index is 0.130. The van der Waals surface area contributed by atoms with Gasteiger partial charge in [-0.2, -0.15) is 5.26 Å². The fourth-order valence-electron chi connectivity index (χ4n) is 1.58. The molecule has 2 atom stereocenters. The van der Waals surface area contributed by atoms with E-state index in [0.29, 0.717) is 0 Å². The predicted octanol–water partition coefficient (Wildman–Crippen LogP) is 1.52. The molecule has 0 saturated heterocycles. The Hall–Kier alpha value is -0.850. The standard InChI is InChI=1S/C9H9NOS/c10-6-9(4-7(9)5-11)8-2-1-3-12-8/h1-3,7,11H,4-5H2/t7-,9-/m1/s1. The van der Waals surface area contributed by atoms with E-state index >= 15 is 0 Å². The lowest BCUT2D eigenvalue weighted by Gasteiger charge is -2.02. The van der Waals surface area contributed by atoms with Gasteiger partial charge in [0.1, 0.15) is 0 Å². The van der Waals surface area contributed by atoms with E-state index in [1.807, 2.05) is 17.5 Å². The lowest BCUT2D eigenvalue weighted by molar-refractivity contribution is 0.269. The van der Waals surface area contributed by atoms with Crippen LogP contribution < -0.4 is 0 Å². The summed E-state index contributed by atoms with van der Waals surface area (Å²) >= 11 is 1.60. The van der Waals surface area contributed by atoms with Crippen molar-refractivity contribution < 1.29 is 5.11 Å². The molecule has 0 aromatic carbocycles. The summed E-state index contributed by atoms with van der Waals surface area (Å²) in [5.74, 6) is 0.168. The summed E-state index contributed by atoms with van der Waals surface area (Å²) in [5, 5.41) is 19.9. The molecule has 1 fully saturated rings. The Morgan fingerprint density at radius 3 is 3.08 bits per heavy atom. The van der Waals surface area contributed by atoms with Crippen molar-refractivity contribution in [2.24, 2.45) is 5.92 Å².